The number of benzene rings is 1. The fourth-order valence-electron chi connectivity index (χ4n) is 2.04. The van der Waals surface area contributed by atoms with Crippen molar-refractivity contribution in [2.75, 3.05) is 13.1 Å². The Bertz CT molecular complexity index is 636. The highest BCUT2D eigenvalue weighted by Gasteiger charge is 2.04. The van der Waals surface area contributed by atoms with Crippen molar-refractivity contribution in [3.05, 3.63) is 49.9 Å². The number of aromatic nitrogens is 1. The largest absolute Gasteiger partial charge is 0.357 e. The molecule has 0 amide bonds. The molecule has 7 heteroatoms. The zero-order chi connectivity index (χ0) is 16.7. The molecule has 1 aromatic carbocycles. The van der Waals surface area contributed by atoms with E-state index < -0.39 is 0 Å². The van der Waals surface area contributed by atoms with Gasteiger partial charge in [-0.05, 0) is 38.5 Å². The Labute approximate surface area is 173 Å². The Morgan fingerprint density at radius 3 is 2.50 bits per heavy atom. The van der Waals surface area contributed by atoms with Crippen LogP contribution in [0.15, 0.2) is 33.7 Å². The summed E-state index contributed by atoms with van der Waals surface area (Å²) < 4.78 is 1.09. The van der Waals surface area contributed by atoms with Gasteiger partial charge in [0, 0.05) is 28.9 Å². The van der Waals surface area contributed by atoms with E-state index in [1.165, 1.54) is 15.4 Å². The Hall–Kier alpha value is -0.670. The van der Waals surface area contributed by atoms with Crippen molar-refractivity contribution in [1.82, 2.24) is 15.6 Å². The molecule has 1 heterocycles. The number of hydrogen-bond donors (Lipinski definition) is 2. The van der Waals surface area contributed by atoms with Crippen LogP contribution in [-0.4, -0.2) is 24.0 Å². The van der Waals surface area contributed by atoms with E-state index in [0.717, 1.165) is 35.6 Å². The van der Waals surface area contributed by atoms with Gasteiger partial charge in [-0.1, -0.05) is 28.1 Å². The molecule has 0 bridgehead atoms. The molecule has 1 aromatic heterocycles. The fourth-order valence-corrected chi connectivity index (χ4v) is 3.23. The SMILES string of the molecule is CCNC(=NCc1ccc(Br)cc1)NCCc1nc(C)c(C)s1.I. The summed E-state index contributed by atoms with van der Waals surface area (Å²) >= 11 is 5.22. The molecule has 0 aliphatic rings. The molecular weight excluding hydrogens is 499 g/mol. The molecule has 0 aliphatic carbocycles. The van der Waals surface area contributed by atoms with Gasteiger partial charge in [0.05, 0.1) is 17.2 Å². The van der Waals surface area contributed by atoms with E-state index in [1.54, 1.807) is 11.3 Å². The van der Waals surface area contributed by atoms with Crippen LogP contribution in [0.3, 0.4) is 0 Å². The van der Waals surface area contributed by atoms with Crippen LogP contribution in [0.2, 0.25) is 0 Å². The van der Waals surface area contributed by atoms with Gasteiger partial charge in [0.1, 0.15) is 0 Å². The summed E-state index contributed by atoms with van der Waals surface area (Å²) in [5, 5.41) is 7.83. The molecule has 132 valence electrons. The van der Waals surface area contributed by atoms with Crippen LogP contribution >= 0.6 is 51.2 Å². The second-order valence-corrected chi connectivity index (χ2v) is 7.45. The van der Waals surface area contributed by atoms with Crippen molar-refractivity contribution >= 4 is 57.2 Å². The van der Waals surface area contributed by atoms with Crippen LogP contribution in [0.4, 0.5) is 0 Å². The molecule has 0 atom stereocenters. The zero-order valence-corrected chi connectivity index (χ0v) is 19.0. The van der Waals surface area contributed by atoms with E-state index in [4.69, 9.17) is 0 Å². The van der Waals surface area contributed by atoms with Gasteiger partial charge in [-0.15, -0.1) is 35.3 Å². The standard InChI is InChI=1S/C17H23BrN4S.HI/c1-4-19-17(21-11-14-5-7-15(18)8-6-14)20-10-9-16-22-12(2)13(3)23-16;/h5-8H,4,9-11H2,1-3H3,(H2,19,20,21);1H. The maximum atomic E-state index is 4.63. The van der Waals surface area contributed by atoms with Gasteiger partial charge < -0.3 is 10.6 Å². The summed E-state index contributed by atoms with van der Waals surface area (Å²) in [6, 6.07) is 8.24. The second-order valence-electron chi connectivity index (χ2n) is 5.25. The average molecular weight is 523 g/mol. The third-order valence-corrected chi connectivity index (χ3v) is 5.04. The number of guanidine groups is 1. The molecule has 2 rings (SSSR count). The Morgan fingerprint density at radius 2 is 1.92 bits per heavy atom. The molecule has 0 unspecified atom stereocenters. The van der Waals surface area contributed by atoms with Crippen molar-refractivity contribution in [1.29, 1.82) is 0 Å². The minimum atomic E-state index is 0. The number of nitrogens with zero attached hydrogens (tertiary/aromatic N) is 2. The second kappa shape index (κ2) is 11.0. The van der Waals surface area contributed by atoms with Crippen LogP contribution in [0.1, 0.15) is 28.1 Å². The number of halogens is 2. The first-order valence-corrected chi connectivity index (χ1v) is 9.39. The molecule has 0 saturated heterocycles. The molecule has 4 nitrogen and oxygen atoms in total. The van der Waals surface area contributed by atoms with Crippen molar-refractivity contribution in [2.45, 2.75) is 33.7 Å². The summed E-state index contributed by atoms with van der Waals surface area (Å²) in [7, 11) is 0. The highest BCUT2D eigenvalue weighted by atomic mass is 127. The lowest BCUT2D eigenvalue weighted by Gasteiger charge is -2.10. The monoisotopic (exact) mass is 522 g/mol. The maximum absolute atomic E-state index is 4.63. The highest BCUT2D eigenvalue weighted by Crippen LogP contribution is 2.16. The topological polar surface area (TPSA) is 49.3 Å². The number of thiazole rings is 1. The van der Waals surface area contributed by atoms with E-state index in [1.807, 2.05) is 12.1 Å². The molecule has 0 spiro atoms. The van der Waals surface area contributed by atoms with Gasteiger partial charge in [0.25, 0.3) is 0 Å². The van der Waals surface area contributed by atoms with Gasteiger partial charge in [0.2, 0.25) is 0 Å². The molecule has 0 saturated carbocycles. The third kappa shape index (κ3) is 7.06. The summed E-state index contributed by atoms with van der Waals surface area (Å²) in [6.07, 6.45) is 0.919. The van der Waals surface area contributed by atoms with E-state index in [9.17, 15) is 0 Å². The molecule has 24 heavy (non-hydrogen) atoms. The van der Waals surface area contributed by atoms with E-state index >= 15 is 0 Å². The van der Waals surface area contributed by atoms with Crippen molar-refractivity contribution in [3.8, 4) is 0 Å². The molecule has 0 aliphatic heterocycles. The molecular formula is C17H24BrIN4S. The number of rotatable bonds is 6. The smallest absolute Gasteiger partial charge is 0.191 e. The first-order valence-electron chi connectivity index (χ1n) is 7.78. The first-order chi connectivity index (χ1) is 11.1. The molecule has 0 fully saturated rings. The van der Waals surface area contributed by atoms with Crippen molar-refractivity contribution in [2.24, 2.45) is 4.99 Å². The lowest BCUT2D eigenvalue weighted by molar-refractivity contribution is 0.795. The highest BCUT2D eigenvalue weighted by molar-refractivity contribution is 14.0. The number of aryl methyl sites for hydroxylation is 2. The number of nitrogens with one attached hydrogen (secondary N) is 2. The van der Waals surface area contributed by atoms with Gasteiger partial charge in [-0.2, -0.15) is 0 Å². The van der Waals surface area contributed by atoms with Crippen LogP contribution in [0, 0.1) is 13.8 Å². The molecule has 0 radical (unpaired) electrons. The van der Waals surface area contributed by atoms with E-state index in [0.29, 0.717) is 6.54 Å². The Morgan fingerprint density at radius 1 is 1.21 bits per heavy atom. The average Bonchev–Trinajstić information content (AvgIpc) is 2.85. The van der Waals surface area contributed by atoms with Crippen LogP contribution in [0.5, 0.6) is 0 Å². The van der Waals surface area contributed by atoms with Gasteiger partial charge in [0.15, 0.2) is 5.96 Å². The molecule has 2 N–H and O–H groups in total. The number of hydrogen-bond acceptors (Lipinski definition) is 3. The third-order valence-electron chi connectivity index (χ3n) is 3.38. The van der Waals surface area contributed by atoms with Crippen molar-refractivity contribution < 1.29 is 0 Å². The van der Waals surface area contributed by atoms with Crippen LogP contribution in [0.25, 0.3) is 0 Å². The Kier molecular flexibility index (Phi) is 9.84. The first kappa shape index (κ1) is 21.4. The van der Waals surface area contributed by atoms with Gasteiger partial charge in [-0.25, -0.2) is 9.98 Å². The maximum Gasteiger partial charge on any atom is 0.191 e. The minimum absolute atomic E-state index is 0. The van der Waals surface area contributed by atoms with Gasteiger partial charge >= 0.3 is 0 Å². The predicted molar refractivity (Wildman–Crippen MR) is 118 cm³/mol. The summed E-state index contributed by atoms with van der Waals surface area (Å²) in [4.78, 5) is 10.5. The van der Waals surface area contributed by atoms with E-state index in [2.05, 4.69) is 69.4 Å². The lowest BCUT2D eigenvalue weighted by Crippen LogP contribution is -2.38. The van der Waals surface area contributed by atoms with E-state index in [-0.39, 0.29) is 24.0 Å². The molecule has 2 aromatic rings. The fraction of sp³-hybridized carbons (Fsp3) is 0.412. The summed E-state index contributed by atoms with van der Waals surface area (Å²) in [5.41, 5.74) is 2.33. The predicted octanol–water partition coefficient (Wildman–Crippen LogP) is 4.44. The number of aliphatic imine (C=N–C) groups is 1. The summed E-state index contributed by atoms with van der Waals surface area (Å²) in [5.74, 6) is 0.848. The Balaban J connectivity index is 0.00000288. The normalized spacial score (nSPS) is 11.1. The van der Waals surface area contributed by atoms with Crippen molar-refractivity contribution in [3.63, 3.8) is 0 Å². The quantitative estimate of drug-likeness (QED) is 0.335. The minimum Gasteiger partial charge on any atom is -0.357 e. The lowest BCUT2D eigenvalue weighted by atomic mass is 10.2. The van der Waals surface area contributed by atoms with Crippen LogP contribution in [-0.2, 0) is 13.0 Å². The van der Waals surface area contributed by atoms with Crippen LogP contribution < -0.4 is 10.6 Å². The summed E-state index contributed by atoms with van der Waals surface area (Å²) in [6.45, 7) is 8.60. The van der Waals surface area contributed by atoms with Gasteiger partial charge in [-0.3, -0.25) is 0 Å². The zero-order valence-electron chi connectivity index (χ0n) is 14.2.